The molecule has 1 aliphatic rings. The zero-order valence-electron chi connectivity index (χ0n) is 13.9. The number of benzene rings is 1. The zero-order valence-corrected chi connectivity index (χ0v) is 14.7. The van der Waals surface area contributed by atoms with Crippen molar-refractivity contribution in [3.63, 3.8) is 0 Å². The van der Waals surface area contributed by atoms with Gasteiger partial charge in [0.25, 0.3) is 5.91 Å². The van der Waals surface area contributed by atoms with Crippen LogP contribution in [-0.4, -0.2) is 36.1 Å². The van der Waals surface area contributed by atoms with Crippen molar-refractivity contribution in [2.24, 2.45) is 0 Å². The molecule has 0 bridgehead atoms. The van der Waals surface area contributed by atoms with Gasteiger partial charge in [0.1, 0.15) is 11.6 Å². The largest absolute Gasteiger partial charge is 0.497 e. The first-order valence-corrected chi connectivity index (χ1v) is 9.02. The Balaban J connectivity index is 1.60. The highest BCUT2D eigenvalue weighted by atomic mass is 32.1. The van der Waals surface area contributed by atoms with E-state index in [4.69, 9.17) is 4.74 Å². The number of nitrogens with one attached hydrogen (secondary N) is 1. The lowest BCUT2D eigenvalue weighted by Gasteiger charge is -2.18. The molecule has 0 unspecified atom stereocenters. The number of anilines is 2. The molecule has 1 amide bonds. The number of nitrogens with zero attached hydrogens (tertiary/aromatic N) is 3. The summed E-state index contributed by atoms with van der Waals surface area (Å²) < 4.78 is 6.21. The maximum absolute atomic E-state index is 12.8. The Labute approximate surface area is 149 Å². The smallest absolute Gasteiger partial charge is 0.261 e. The number of rotatable bonds is 4. The maximum atomic E-state index is 12.8. The quantitative estimate of drug-likeness (QED) is 0.776. The number of hydrogen-bond acceptors (Lipinski definition) is 6. The van der Waals surface area contributed by atoms with Gasteiger partial charge in [0, 0.05) is 19.3 Å². The maximum Gasteiger partial charge on any atom is 0.261 e. The van der Waals surface area contributed by atoms with Crippen LogP contribution in [0.4, 0.5) is 10.9 Å². The summed E-state index contributed by atoms with van der Waals surface area (Å²) in [6, 6.07) is 9.27. The van der Waals surface area contributed by atoms with Crippen molar-refractivity contribution < 1.29 is 9.53 Å². The van der Waals surface area contributed by atoms with Crippen molar-refractivity contribution in [3.8, 4) is 5.75 Å². The number of carbonyl (C=O) groups is 1. The second kappa shape index (κ2) is 6.68. The van der Waals surface area contributed by atoms with E-state index in [9.17, 15) is 4.79 Å². The highest BCUT2D eigenvalue weighted by molar-refractivity contribution is 7.22. The van der Waals surface area contributed by atoms with Crippen LogP contribution in [-0.2, 0) is 0 Å². The summed E-state index contributed by atoms with van der Waals surface area (Å²) in [7, 11) is 1.63. The lowest BCUT2D eigenvalue weighted by molar-refractivity contribution is 0.102. The lowest BCUT2D eigenvalue weighted by atomic mass is 10.2. The van der Waals surface area contributed by atoms with Crippen molar-refractivity contribution in [1.82, 2.24) is 9.97 Å². The number of thiazole rings is 1. The van der Waals surface area contributed by atoms with Gasteiger partial charge in [0.2, 0.25) is 0 Å². The van der Waals surface area contributed by atoms with E-state index in [1.165, 1.54) is 11.3 Å². The Morgan fingerprint density at radius 2 is 2.12 bits per heavy atom. The lowest BCUT2D eigenvalue weighted by Crippen LogP contribution is -2.24. The van der Waals surface area contributed by atoms with Gasteiger partial charge in [-0.05, 0) is 43.2 Å². The highest BCUT2D eigenvalue weighted by Gasteiger charge is 2.21. The third-order valence-corrected chi connectivity index (χ3v) is 5.19. The van der Waals surface area contributed by atoms with Crippen LogP contribution in [0.5, 0.6) is 5.75 Å². The van der Waals surface area contributed by atoms with Crippen LogP contribution in [0.15, 0.2) is 36.5 Å². The summed E-state index contributed by atoms with van der Waals surface area (Å²) in [6.45, 7) is 1.89. The van der Waals surface area contributed by atoms with Crippen LogP contribution in [0.1, 0.15) is 23.2 Å². The van der Waals surface area contributed by atoms with Crippen LogP contribution in [0, 0.1) is 0 Å². The molecule has 1 aromatic carbocycles. The average molecular weight is 354 g/mol. The molecule has 4 rings (SSSR count). The zero-order chi connectivity index (χ0) is 17.2. The first-order chi connectivity index (χ1) is 12.2. The summed E-state index contributed by atoms with van der Waals surface area (Å²) in [4.78, 5) is 23.8. The first kappa shape index (κ1) is 15.8. The molecule has 6 nitrogen and oxygen atoms in total. The van der Waals surface area contributed by atoms with Crippen molar-refractivity contribution in [2.45, 2.75) is 12.8 Å². The fraction of sp³-hybridized carbons (Fsp3) is 0.278. The van der Waals surface area contributed by atoms with Crippen LogP contribution in [0.25, 0.3) is 10.2 Å². The summed E-state index contributed by atoms with van der Waals surface area (Å²) in [5.74, 6) is 1.35. The van der Waals surface area contributed by atoms with E-state index in [-0.39, 0.29) is 5.91 Å². The fourth-order valence-electron chi connectivity index (χ4n) is 3.00. The molecule has 0 aliphatic carbocycles. The Kier molecular flexibility index (Phi) is 4.23. The predicted octanol–water partition coefficient (Wildman–Crippen LogP) is 3.55. The van der Waals surface area contributed by atoms with Crippen LogP contribution in [0.2, 0.25) is 0 Å². The normalized spacial score (nSPS) is 14.0. The Morgan fingerprint density at radius 1 is 1.28 bits per heavy atom. The number of amides is 1. The van der Waals surface area contributed by atoms with Gasteiger partial charge < -0.3 is 9.64 Å². The second-order valence-corrected chi connectivity index (χ2v) is 6.91. The molecule has 1 aliphatic heterocycles. The van der Waals surface area contributed by atoms with E-state index in [2.05, 4.69) is 20.2 Å². The Morgan fingerprint density at radius 3 is 2.92 bits per heavy atom. The summed E-state index contributed by atoms with van der Waals surface area (Å²) >= 11 is 1.43. The van der Waals surface area contributed by atoms with Crippen LogP contribution < -0.4 is 15.0 Å². The van der Waals surface area contributed by atoms with Crippen LogP contribution >= 0.6 is 11.3 Å². The van der Waals surface area contributed by atoms with Gasteiger partial charge in [-0.3, -0.25) is 10.1 Å². The molecule has 25 heavy (non-hydrogen) atoms. The number of pyridine rings is 1. The summed E-state index contributed by atoms with van der Waals surface area (Å²) in [5.41, 5.74) is 1.42. The predicted molar refractivity (Wildman–Crippen MR) is 99.8 cm³/mol. The van der Waals surface area contributed by atoms with Crippen molar-refractivity contribution in [1.29, 1.82) is 0 Å². The third-order valence-electron chi connectivity index (χ3n) is 4.25. The number of fused-ring (bicyclic) bond motifs is 1. The molecular formula is C18H18N4O2S. The molecule has 0 atom stereocenters. The minimum Gasteiger partial charge on any atom is -0.497 e. The van der Waals surface area contributed by atoms with E-state index in [1.807, 2.05) is 24.3 Å². The van der Waals surface area contributed by atoms with Gasteiger partial charge in [0.15, 0.2) is 5.13 Å². The Bertz CT molecular complexity index is 918. The van der Waals surface area contributed by atoms with Gasteiger partial charge >= 0.3 is 0 Å². The van der Waals surface area contributed by atoms with Gasteiger partial charge in [-0.2, -0.15) is 0 Å². The average Bonchev–Trinajstić information content (AvgIpc) is 3.30. The molecule has 0 saturated carbocycles. The monoisotopic (exact) mass is 354 g/mol. The molecule has 1 N–H and O–H groups in total. The van der Waals surface area contributed by atoms with Gasteiger partial charge in [-0.25, -0.2) is 9.97 Å². The first-order valence-electron chi connectivity index (χ1n) is 8.20. The number of ether oxygens (including phenoxy) is 1. The van der Waals surface area contributed by atoms with E-state index in [0.717, 1.165) is 47.7 Å². The molecule has 3 heterocycles. The van der Waals surface area contributed by atoms with E-state index in [0.29, 0.717) is 10.7 Å². The third kappa shape index (κ3) is 3.15. The molecule has 3 aromatic rings. The minimum atomic E-state index is -0.180. The minimum absolute atomic E-state index is 0.180. The molecule has 128 valence electrons. The van der Waals surface area contributed by atoms with Crippen molar-refractivity contribution in [3.05, 3.63) is 42.1 Å². The molecule has 7 heteroatoms. The summed E-state index contributed by atoms with van der Waals surface area (Å²) in [5, 5.41) is 3.48. The molecule has 1 fully saturated rings. The number of aromatic nitrogens is 2. The number of hydrogen-bond donors (Lipinski definition) is 1. The fourth-order valence-corrected chi connectivity index (χ4v) is 3.89. The van der Waals surface area contributed by atoms with Gasteiger partial charge in [-0.1, -0.05) is 11.3 Å². The molecule has 0 radical (unpaired) electrons. The molecule has 2 aromatic heterocycles. The second-order valence-electron chi connectivity index (χ2n) is 5.88. The summed E-state index contributed by atoms with van der Waals surface area (Å²) in [6.07, 6.45) is 4.00. The van der Waals surface area contributed by atoms with Crippen molar-refractivity contribution in [2.75, 3.05) is 30.4 Å². The number of carbonyl (C=O) groups excluding carboxylic acids is 1. The topological polar surface area (TPSA) is 67.3 Å². The number of methoxy groups -OCH3 is 1. The van der Waals surface area contributed by atoms with Crippen LogP contribution in [0.3, 0.4) is 0 Å². The highest BCUT2D eigenvalue weighted by Crippen LogP contribution is 2.30. The molecule has 1 saturated heterocycles. The SMILES string of the molecule is COc1ccc2nc(NC(=O)c3cccnc3N3CCCC3)sc2c1. The standard InChI is InChI=1S/C18H18N4O2S/c1-24-12-6-7-14-15(11-12)25-18(20-14)21-17(23)13-5-4-8-19-16(13)22-9-2-3-10-22/h4-8,11H,2-3,9-10H2,1H3,(H,20,21,23). The van der Waals surface area contributed by atoms with E-state index < -0.39 is 0 Å². The molecular weight excluding hydrogens is 336 g/mol. The van der Waals surface area contributed by atoms with E-state index >= 15 is 0 Å². The van der Waals surface area contributed by atoms with Crippen molar-refractivity contribution >= 4 is 38.4 Å². The Hall–Kier alpha value is -2.67. The van der Waals surface area contributed by atoms with Gasteiger partial charge in [-0.15, -0.1) is 0 Å². The molecule has 0 spiro atoms. The van der Waals surface area contributed by atoms with Gasteiger partial charge in [0.05, 0.1) is 22.9 Å². The van der Waals surface area contributed by atoms with E-state index in [1.54, 1.807) is 19.4 Å².